The molecule has 1 unspecified atom stereocenters. The largest absolute Gasteiger partial charge is 0.469 e. The van der Waals surface area contributed by atoms with E-state index in [1.165, 1.54) is 0 Å². The minimum atomic E-state index is -0.315. The molecule has 0 aliphatic carbocycles. The molecule has 142 valence electrons. The molecule has 0 bridgehead atoms. The molecule has 0 saturated heterocycles. The quantitative estimate of drug-likeness (QED) is 0.486. The van der Waals surface area contributed by atoms with Crippen LogP contribution in [0.2, 0.25) is 0 Å². The van der Waals surface area contributed by atoms with Crippen LogP contribution in [0.1, 0.15) is 23.0 Å². The normalized spacial score (nSPS) is 11.9. The maximum absolute atomic E-state index is 12.1. The number of furan rings is 1. The smallest absolute Gasteiger partial charge is 0.319 e. The molecule has 2 heterocycles. The third-order valence-corrected chi connectivity index (χ3v) is 4.10. The molecule has 1 atom stereocenters. The lowest BCUT2D eigenvalue weighted by molar-refractivity contribution is 0.213. The molecule has 2 amide bonds. The van der Waals surface area contributed by atoms with Crippen molar-refractivity contribution in [1.82, 2.24) is 20.5 Å². The summed E-state index contributed by atoms with van der Waals surface area (Å²) < 4.78 is 5.27. The fraction of sp³-hybridized carbons (Fsp3) is 0.316. The van der Waals surface area contributed by atoms with E-state index in [9.17, 15) is 9.90 Å². The van der Waals surface area contributed by atoms with E-state index in [1.54, 1.807) is 12.3 Å². The Bertz CT molecular complexity index is 843. The number of nitrogens with zero attached hydrogens (tertiary/aromatic N) is 2. The van der Waals surface area contributed by atoms with Crippen LogP contribution in [0.25, 0.3) is 0 Å². The van der Waals surface area contributed by atoms with E-state index < -0.39 is 0 Å². The van der Waals surface area contributed by atoms with Crippen molar-refractivity contribution < 1.29 is 14.3 Å². The summed E-state index contributed by atoms with van der Waals surface area (Å²) in [6, 6.07) is 10.9. The van der Waals surface area contributed by atoms with E-state index in [0.29, 0.717) is 25.1 Å². The Morgan fingerprint density at radius 3 is 2.74 bits per heavy atom. The second-order valence-corrected chi connectivity index (χ2v) is 6.38. The molecule has 0 saturated carbocycles. The first-order valence-corrected chi connectivity index (χ1v) is 8.77. The second-order valence-electron chi connectivity index (χ2n) is 6.38. The Hall–Kier alpha value is -3.13. The van der Waals surface area contributed by atoms with Crippen LogP contribution >= 0.6 is 0 Å². The first-order valence-electron chi connectivity index (χ1n) is 8.77. The number of anilines is 1. The van der Waals surface area contributed by atoms with E-state index in [-0.39, 0.29) is 18.6 Å². The summed E-state index contributed by atoms with van der Waals surface area (Å²) in [5, 5.41) is 21.9. The molecular weight excluding hydrogens is 346 g/mol. The molecule has 8 heteroatoms. The van der Waals surface area contributed by atoms with Crippen molar-refractivity contribution in [3.8, 4) is 0 Å². The van der Waals surface area contributed by atoms with Gasteiger partial charge in [0.15, 0.2) is 5.82 Å². The summed E-state index contributed by atoms with van der Waals surface area (Å²) in [5.41, 5.74) is 1.74. The topological polar surface area (TPSA) is 116 Å². The van der Waals surface area contributed by atoms with E-state index >= 15 is 0 Å². The van der Waals surface area contributed by atoms with Gasteiger partial charge in [0.05, 0.1) is 6.26 Å². The average molecular weight is 369 g/mol. The van der Waals surface area contributed by atoms with Gasteiger partial charge >= 0.3 is 6.03 Å². The number of hydrogen-bond acceptors (Lipinski definition) is 5. The van der Waals surface area contributed by atoms with Gasteiger partial charge in [-0.05, 0) is 36.8 Å². The Morgan fingerprint density at radius 1 is 1.30 bits per heavy atom. The lowest BCUT2D eigenvalue weighted by atomic mass is 10.1. The Morgan fingerprint density at radius 2 is 2.11 bits per heavy atom. The molecule has 3 rings (SSSR count). The number of nitrogens with one attached hydrogen (secondary N) is 3. The van der Waals surface area contributed by atoms with Gasteiger partial charge in [-0.25, -0.2) is 9.78 Å². The lowest BCUT2D eigenvalue weighted by Crippen LogP contribution is -2.34. The summed E-state index contributed by atoms with van der Waals surface area (Å²) >= 11 is 0. The zero-order valence-electron chi connectivity index (χ0n) is 15.1. The van der Waals surface area contributed by atoms with Crippen molar-refractivity contribution in [1.29, 1.82) is 0 Å². The standard InChI is InChI=1S/C19H23N5O3/c1-13-21-18(24-23-13)10-14-4-6-16(7-5-14)22-19(26)20-11-15(12-25)9-17-3-2-8-27-17/h2-8,15,25H,9-12H2,1H3,(H2,20,22,26)(H,21,23,24). The Kier molecular flexibility index (Phi) is 6.22. The minimum absolute atomic E-state index is 0.0314. The molecule has 0 aliphatic rings. The Labute approximate surface area is 157 Å². The van der Waals surface area contributed by atoms with Crippen LogP contribution in [-0.2, 0) is 12.8 Å². The van der Waals surface area contributed by atoms with Gasteiger partial charge in [-0.1, -0.05) is 12.1 Å². The SMILES string of the molecule is Cc1nc(Cc2ccc(NC(=O)NCC(CO)Cc3ccco3)cc2)n[nH]1. The van der Waals surface area contributed by atoms with Crippen LogP contribution in [0.4, 0.5) is 10.5 Å². The second kappa shape index (κ2) is 9.00. The maximum atomic E-state index is 12.1. The summed E-state index contributed by atoms with van der Waals surface area (Å²) in [7, 11) is 0. The number of aliphatic hydroxyl groups is 1. The van der Waals surface area contributed by atoms with Gasteiger partial charge in [0.1, 0.15) is 11.6 Å². The van der Waals surface area contributed by atoms with Crippen molar-refractivity contribution in [2.75, 3.05) is 18.5 Å². The summed E-state index contributed by atoms with van der Waals surface area (Å²) in [4.78, 5) is 16.3. The zero-order valence-corrected chi connectivity index (χ0v) is 15.1. The molecule has 8 nitrogen and oxygen atoms in total. The number of hydrogen-bond donors (Lipinski definition) is 4. The fourth-order valence-corrected chi connectivity index (χ4v) is 2.68. The third-order valence-electron chi connectivity index (χ3n) is 4.10. The van der Waals surface area contributed by atoms with Crippen LogP contribution in [0.3, 0.4) is 0 Å². The molecule has 0 fully saturated rings. The van der Waals surface area contributed by atoms with Crippen molar-refractivity contribution in [2.45, 2.75) is 19.8 Å². The Balaban J connectivity index is 1.45. The van der Waals surface area contributed by atoms with Gasteiger partial charge in [0.25, 0.3) is 0 Å². The molecule has 4 N–H and O–H groups in total. The van der Waals surface area contributed by atoms with Crippen molar-refractivity contribution in [3.05, 3.63) is 65.6 Å². The summed E-state index contributed by atoms with van der Waals surface area (Å²) in [5.74, 6) is 2.20. The lowest BCUT2D eigenvalue weighted by Gasteiger charge is -2.14. The number of aromatic amines is 1. The van der Waals surface area contributed by atoms with Crippen LogP contribution in [0.5, 0.6) is 0 Å². The first kappa shape index (κ1) is 18.7. The van der Waals surface area contributed by atoms with E-state index in [0.717, 1.165) is 23.0 Å². The van der Waals surface area contributed by atoms with Crippen LogP contribution in [0.15, 0.2) is 47.1 Å². The average Bonchev–Trinajstić information content (AvgIpc) is 3.32. The highest BCUT2D eigenvalue weighted by Crippen LogP contribution is 2.12. The number of urea groups is 1. The molecule has 0 spiro atoms. The van der Waals surface area contributed by atoms with Crippen LogP contribution in [-0.4, -0.2) is 39.5 Å². The molecule has 2 aromatic heterocycles. The number of amides is 2. The number of carbonyl (C=O) groups is 1. The predicted molar refractivity (Wildman–Crippen MR) is 100 cm³/mol. The monoisotopic (exact) mass is 369 g/mol. The number of rotatable bonds is 8. The van der Waals surface area contributed by atoms with Crippen molar-refractivity contribution >= 4 is 11.7 Å². The first-order chi connectivity index (χ1) is 13.1. The predicted octanol–water partition coefficient (Wildman–Crippen LogP) is 2.27. The van der Waals surface area contributed by atoms with Crippen molar-refractivity contribution in [3.63, 3.8) is 0 Å². The highest BCUT2D eigenvalue weighted by molar-refractivity contribution is 5.89. The third kappa shape index (κ3) is 5.68. The van der Waals surface area contributed by atoms with Gasteiger partial charge in [-0.3, -0.25) is 5.10 Å². The van der Waals surface area contributed by atoms with Gasteiger partial charge < -0.3 is 20.2 Å². The van der Waals surface area contributed by atoms with E-state index in [1.807, 2.05) is 37.3 Å². The zero-order chi connectivity index (χ0) is 19.1. The number of benzene rings is 1. The minimum Gasteiger partial charge on any atom is -0.469 e. The van der Waals surface area contributed by atoms with E-state index in [2.05, 4.69) is 25.8 Å². The summed E-state index contributed by atoms with van der Waals surface area (Å²) in [6.07, 6.45) is 2.79. The number of H-pyrrole nitrogens is 1. The maximum Gasteiger partial charge on any atom is 0.319 e. The fourth-order valence-electron chi connectivity index (χ4n) is 2.68. The molecular formula is C19H23N5O3. The molecule has 27 heavy (non-hydrogen) atoms. The highest BCUT2D eigenvalue weighted by Gasteiger charge is 2.12. The van der Waals surface area contributed by atoms with Gasteiger partial charge in [0.2, 0.25) is 0 Å². The number of aryl methyl sites for hydroxylation is 1. The molecule has 1 aromatic carbocycles. The highest BCUT2D eigenvalue weighted by atomic mass is 16.3. The number of carbonyl (C=O) groups excluding carboxylic acids is 1. The van der Waals surface area contributed by atoms with Gasteiger partial charge in [0, 0.05) is 37.6 Å². The van der Waals surface area contributed by atoms with Gasteiger partial charge in [-0.15, -0.1) is 0 Å². The molecule has 0 aliphatic heterocycles. The number of aromatic nitrogens is 3. The van der Waals surface area contributed by atoms with Gasteiger partial charge in [-0.2, -0.15) is 5.10 Å². The van der Waals surface area contributed by atoms with Crippen molar-refractivity contribution in [2.24, 2.45) is 5.92 Å². The summed E-state index contributed by atoms with van der Waals surface area (Å²) in [6.45, 7) is 2.18. The van der Waals surface area contributed by atoms with Crippen LogP contribution in [0, 0.1) is 12.8 Å². The van der Waals surface area contributed by atoms with E-state index in [4.69, 9.17) is 4.42 Å². The van der Waals surface area contributed by atoms with Crippen LogP contribution < -0.4 is 10.6 Å². The molecule has 0 radical (unpaired) electrons. The molecule has 3 aromatic rings. The number of aliphatic hydroxyl groups excluding tert-OH is 1.